The van der Waals surface area contributed by atoms with E-state index >= 15 is 0 Å². The minimum atomic E-state index is -0.396. The van der Waals surface area contributed by atoms with Gasteiger partial charge in [0.05, 0.1) is 18.4 Å². The van der Waals surface area contributed by atoms with Gasteiger partial charge >= 0.3 is 0 Å². The molecule has 0 saturated heterocycles. The van der Waals surface area contributed by atoms with E-state index in [4.69, 9.17) is 16.3 Å². The Morgan fingerprint density at radius 3 is 2.93 bits per heavy atom. The van der Waals surface area contributed by atoms with E-state index in [0.717, 1.165) is 12.1 Å². The molecule has 30 heavy (non-hydrogen) atoms. The van der Waals surface area contributed by atoms with Crippen molar-refractivity contribution >= 4 is 57.3 Å². The summed E-state index contributed by atoms with van der Waals surface area (Å²) in [4.78, 5) is 27.0. The van der Waals surface area contributed by atoms with Gasteiger partial charge in [0.1, 0.15) is 5.75 Å². The first kappa shape index (κ1) is 20.6. The quantitative estimate of drug-likeness (QED) is 0.439. The molecule has 0 saturated carbocycles. The fraction of sp³-hybridized carbons (Fsp3) is 0.200. The Balaban J connectivity index is 1.36. The number of benzene rings is 2. The van der Waals surface area contributed by atoms with Gasteiger partial charge in [0.15, 0.2) is 4.34 Å². The lowest BCUT2D eigenvalue weighted by atomic mass is 10.2. The lowest BCUT2D eigenvalue weighted by Crippen LogP contribution is -2.30. The van der Waals surface area contributed by atoms with Crippen LogP contribution in [0.2, 0.25) is 5.02 Å². The van der Waals surface area contributed by atoms with Crippen LogP contribution in [0, 0.1) is 0 Å². The van der Waals surface area contributed by atoms with Gasteiger partial charge < -0.3 is 9.64 Å². The first-order valence-electron chi connectivity index (χ1n) is 9.04. The molecule has 2 heterocycles. The van der Waals surface area contributed by atoms with Crippen molar-refractivity contribution < 1.29 is 14.3 Å². The van der Waals surface area contributed by atoms with Gasteiger partial charge in [-0.15, -0.1) is 10.2 Å². The topological polar surface area (TPSA) is 84.4 Å². The van der Waals surface area contributed by atoms with E-state index in [2.05, 4.69) is 15.5 Å². The highest BCUT2D eigenvalue weighted by molar-refractivity contribution is 8.01. The van der Waals surface area contributed by atoms with Crippen molar-refractivity contribution in [2.75, 3.05) is 29.6 Å². The summed E-state index contributed by atoms with van der Waals surface area (Å²) in [6.07, 6.45) is 0.870. The first-order chi connectivity index (χ1) is 14.5. The molecule has 1 aromatic heterocycles. The van der Waals surface area contributed by atoms with Crippen LogP contribution < -0.4 is 15.0 Å². The molecule has 7 nitrogen and oxygen atoms in total. The van der Waals surface area contributed by atoms with Gasteiger partial charge in [-0.1, -0.05) is 52.9 Å². The average Bonchev–Trinajstić information content (AvgIpc) is 3.39. The molecular formula is C20H17ClN4O3S2. The van der Waals surface area contributed by atoms with Gasteiger partial charge in [0, 0.05) is 17.3 Å². The summed E-state index contributed by atoms with van der Waals surface area (Å²) in [7, 11) is 1.48. The van der Waals surface area contributed by atoms with Crippen LogP contribution in [-0.2, 0) is 11.2 Å². The number of para-hydroxylation sites is 1. The highest BCUT2D eigenvalue weighted by atomic mass is 35.5. The van der Waals surface area contributed by atoms with E-state index < -0.39 is 5.91 Å². The monoisotopic (exact) mass is 460 g/mol. The number of methoxy groups -OCH3 is 1. The van der Waals surface area contributed by atoms with Crippen LogP contribution in [0.5, 0.6) is 5.75 Å². The molecule has 0 unspecified atom stereocenters. The third-order valence-corrected chi connectivity index (χ3v) is 6.73. The predicted octanol–water partition coefficient (Wildman–Crippen LogP) is 4.13. The fourth-order valence-electron chi connectivity index (χ4n) is 3.14. The Kier molecular flexibility index (Phi) is 6.21. The molecule has 0 radical (unpaired) electrons. The number of fused-ring (bicyclic) bond motifs is 1. The van der Waals surface area contributed by atoms with Gasteiger partial charge in [-0.25, -0.2) is 0 Å². The number of carbonyl (C=O) groups is 2. The van der Waals surface area contributed by atoms with Gasteiger partial charge in [0.25, 0.3) is 5.91 Å². The van der Waals surface area contributed by atoms with Crippen molar-refractivity contribution in [1.82, 2.24) is 10.2 Å². The number of nitrogens with zero attached hydrogens (tertiary/aromatic N) is 3. The maximum atomic E-state index is 12.6. The van der Waals surface area contributed by atoms with Crippen LogP contribution in [0.1, 0.15) is 15.9 Å². The lowest BCUT2D eigenvalue weighted by molar-refractivity contribution is -0.116. The number of thioether (sulfide) groups is 1. The minimum Gasteiger partial charge on any atom is -0.496 e. The maximum absolute atomic E-state index is 12.6. The van der Waals surface area contributed by atoms with Crippen LogP contribution in [0.4, 0.5) is 10.8 Å². The van der Waals surface area contributed by atoms with Crippen LogP contribution in [0.3, 0.4) is 0 Å². The third-order valence-electron chi connectivity index (χ3n) is 4.54. The summed E-state index contributed by atoms with van der Waals surface area (Å²) in [5.74, 6) is 0.285. The van der Waals surface area contributed by atoms with Crippen molar-refractivity contribution in [2.24, 2.45) is 0 Å². The molecule has 154 valence electrons. The van der Waals surface area contributed by atoms with Crippen LogP contribution >= 0.6 is 34.7 Å². The molecule has 1 aliphatic heterocycles. The SMILES string of the molecule is COc1ccc(Cl)cc1C(=O)Nc1nnc(SCC(=O)N2CCc3ccccc32)s1. The predicted molar refractivity (Wildman–Crippen MR) is 119 cm³/mol. The number of carbonyl (C=O) groups excluding carboxylic acids is 2. The average molecular weight is 461 g/mol. The highest BCUT2D eigenvalue weighted by Crippen LogP contribution is 2.31. The molecule has 2 aromatic carbocycles. The number of nitrogens with one attached hydrogen (secondary N) is 1. The van der Waals surface area contributed by atoms with E-state index in [1.165, 1.54) is 41.8 Å². The Bertz CT molecular complexity index is 1110. The molecule has 0 bridgehead atoms. The second-order valence-corrected chi connectivity index (χ2v) is 9.02. The number of rotatable bonds is 6. The van der Waals surface area contributed by atoms with Gasteiger partial charge in [-0.05, 0) is 36.2 Å². The first-order valence-corrected chi connectivity index (χ1v) is 11.2. The Hall–Kier alpha value is -2.62. The number of hydrogen-bond donors (Lipinski definition) is 1. The number of hydrogen-bond acceptors (Lipinski definition) is 7. The van der Waals surface area contributed by atoms with Crippen LogP contribution in [0.25, 0.3) is 0 Å². The molecular weight excluding hydrogens is 444 g/mol. The van der Waals surface area contributed by atoms with E-state index in [-0.39, 0.29) is 11.7 Å². The van der Waals surface area contributed by atoms with Crippen molar-refractivity contribution in [3.8, 4) is 5.75 Å². The summed E-state index contributed by atoms with van der Waals surface area (Å²) in [6.45, 7) is 0.692. The van der Waals surface area contributed by atoms with Crippen molar-refractivity contribution in [3.63, 3.8) is 0 Å². The third kappa shape index (κ3) is 4.43. The second-order valence-electron chi connectivity index (χ2n) is 6.38. The molecule has 3 aromatic rings. The Morgan fingerprint density at radius 2 is 2.10 bits per heavy atom. The van der Waals surface area contributed by atoms with E-state index in [9.17, 15) is 9.59 Å². The summed E-state index contributed by atoms with van der Waals surface area (Å²) >= 11 is 8.49. The fourth-order valence-corrected chi connectivity index (χ4v) is 4.93. The maximum Gasteiger partial charge on any atom is 0.261 e. The van der Waals surface area contributed by atoms with Crippen LogP contribution in [0.15, 0.2) is 46.8 Å². The van der Waals surface area contributed by atoms with E-state index in [1.807, 2.05) is 24.3 Å². The van der Waals surface area contributed by atoms with Gasteiger partial charge in [-0.2, -0.15) is 0 Å². The normalized spacial score (nSPS) is 12.5. The molecule has 0 aliphatic carbocycles. The number of halogens is 1. The van der Waals surface area contributed by atoms with Gasteiger partial charge in [-0.3, -0.25) is 14.9 Å². The van der Waals surface area contributed by atoms with Crippen molar-refractivity contribution in [1.29, 1.82) is 0 Å². The molecule has 0 fully saturated rings. The van der Waals surface area contributed by atoms with E-state index in [1.54, 1.807) is 17.0 Å². The van der Waals surface area contributed by atoms with Crippen LogP contribution in [-0.4, -0.2) is 41.4 Å². The number of amides is 2. The largest absolute Gasteiger partial charge is 0.496 e. The number of aromatic nitrogens is 2. The Labute approximate surface area is 186 Å². The highest BCUT2D eigenvalue weighted by Gasteiger charge is 2.24. The lowest BCUT2D eigenvalue weighted by Gasteiger charge is -2.16. The van der Waals surface area contributed by atoms with E-state index in [0.29, 0.717) is 32.4 Å². The molecule has 0 atom stereocenters. The summed E-state index contributed by atoms with van der Waals surface area (Å²) in [6, 6.07) is 12.7. The van der Waals surface area contributed by atoms with Gasteiger partial charge in [0.2, 0.25) is 11.0 Å². The zero-order valence-corrected chi connectivity index (χ0v) is 18.3. The molecule has 1 aliphatic rings. The standard InChI is InChI=1S/C20H17ClN4O3S2/c1-28-16-7-6-13(21)10-14(16)18(27)22-19-23-24-20(30-19)29-11-17(26)25-9-8-12-4-2-3-5-15(12)25/h2-7,10H,8-9,11H2,1H3,(H,22,23,27). The molecule has 10 heteroatoms. The second kappa shape index (κ2) is 9.03. The molecule has 0 spiro atoms. The van der Waals surface area contributed by atoms with Crippen molar-refractivity contribution in [3.05, 3.63) is 58.6 Å². The summed E-state index contributed by atoms with van der Waals surface area (Å²) in [5, 5.41) is 11.5. The minimum absolute atomic E-state index is 0.0226. The Morgan fingerprint density at radius 1 is 1.27 bits per heavy atom. The molecule has 4 rings (SSSR count). The summed E-state index contributed by atoms with van der Waals surface area (Å²) < 4.78 is 5.81. The molecule has 1 N–H and O–H groups in total. The smallest absolute Gasteiger partial charge is 0.261 e. The zero-order chi connectivity index (χ0) is 21.1. The van der Waals surface area contributed by atoms with Crippen molar-refractivity contribution in [2.45, 2.75) is 10.8 Å². The zero-order valence-electron chi connectivity index (χ0n) is 15.9. The molecule has 2 amide bonds. The number of anilines is 2. The summed E-state index contributed by atoms with van der Waals surface area (Å²) in [5.41, 5.74) is 2.47. The number of ether oxygens (including phenoxy) is 1.